The first-order valence-electron chi connectivity index (χ1n) is 6.48. The lowest BCUT2D eigenvalue weighted by Gasteiger charge is -2.34. The number of piperidine rings is 1. The van der Waals surface area contributed by atoms with E-state index < -0.39 is 0 Å². The molecule has 1 saturated heterocycles. The molecule has 2 nitrogen and oxygen atoms in total. The molecular weight excluding hydrogens is 215 g/mol. The average Bonchev–Trinajstić information content (AvgIpc) is 2.37. The summed E-state index contributed by atoms with van der Waals surface area (Å²) in [6.07, 6.45) is 4.71. The molecule has 0 amide bonds. The van der Waals surface area contributed by atoms with E-state index in [1.54, 1.807) is 12.1 Å². The number of hydrogen-bond acceptors (Lipinski definition) is 2. The highest BCUT2D eigenvalue weighted by Crippen LogP contribution is 2.15. The molecule has 1 atom stereocenters. The van der Waals surface area contributed by atoms with Crippen LogP contribution in [0, 0.1) is 5.82 Å². The molecule has 17 heavy (non-hydrogen) atoms. The summed E-state index contributed by atoms with van der Waals surface area (Å²) in [5, 5.41) is 0. The van der Waals surface area contributed by atoms with Crippen LogP contribution in [0.15, 0.2) is 24.3 Å². The topological polar surface area (TPSA) is 29.3 Å². The van der Waals surface area contributed by atoms with Gasteiger partial charge in [-0.25, -0.2) is 4.39 Å². The van der Waals surface area contributed by atoms with Crippen LogP contribution >= 0.6 is 0 Å². The van der Waals surface area contributed by atoms with Crippen molar-refractivity contribution >= 4 is 0 Å². The molecule has 1 aromatic carbocycles. The van der Waals surface area contributed by atoms with Gasteiger partial charge in [0.05, 0.1) is 0 Å². The molecule has 0 aromatic heterocycles. The van der Waals surface area contributed by atoms with Crippen molar-refractivity contribution in [2.75, 3.05) is 19.6 Å². The highest BCUT2D eigenvalue weighted by atomic mass is 19.1. The number of nitrogens with two attached hydrogens (primary N) is 1. The fourth-order valence-corrected chi connectivity index (χ4v) is 2.58. The van der Waals surface area contributed by atoms with Gasteiger partial charge in [0.15, 0.2) is 0 Å². The first-order valence-corrected chi connectivity index (χ1v) is 6.48. The van der Waals surface area contributed by atoms with E-state index in [2.05, 4.69) is 4.90 Å². The fraction of sp³-hybridized carbons (Fsp3) is 0.571. The molecule has 0 aliphatic carbocycles. The van der Waals surface area contributed by atoms with Gasteiger partial charge in [-0.05, 0) is 50.0 Å². The Balaban J connectivity index is 1.98. The first-order chi connectivity index (χ1) is 8.29. The van der Waals surface area contributed by atoms with Crippen molar-refractivity contribution in [1.82, 2.24) is 4.90 Å². The van der Waals surface area contributed by atoms with Gasteiger partial charge in [0, 0.05) is 12.6 Å². The molecule has 1 aliphatic rings. The van der Waals surface area contributed by atoms with Crippen LogP contribution in [0.4, 0.5) is 4.39 Å². The van der Waals surface area contributed by atoms with Crippen LogP contribution in [-0.2, 0) is 6.42 Å². The van der Waals surface area contributed by atoms with E-state index in [0.29, 0.717) is 12.6 Å². The minimum atomic E-state index is -0.156. The van der Waals surface area contributed by atoms with E-state index >= 15 is 0 Å². The van der Waals surface area contributed by atoms with Gasteiger partial charge in [-0.2, -0.15) is 0 Å². The zero-order chi connectivity index (χ0) is 12.1. The number of halogens is 1. The zero-order valence-corrected chi connectivity index (χ0v) is 10.2. The van der Waals surface area contributed by atoms with Crippen LogP contribution in [0.3, 0.4) is 0 Å². The molecule has 1 heterocycles. The van der Waals surface area contributed by atoms with E-state index in [1.807, 2.05) is 6.07 Å². The molecule has 3 heteroatoms. The second-order valence-electron chi connectivity index (χ2n) is 4.82. The molecule has 94 valence electrons. The number of benzene rings is 1. The van der Waals surface area contributed by atoms with E-state index in [0.717, 1.165) is 25.1 Å². The van der Waals surface area contributed by atoms with Gasteiger partial charge in [0.25, 0.3) is 0 Å². The van der Waals surface area contributed by atoms with Crippen LogP contribution < -0.4 is 5.73 Å². The Bertz CT molecular complexity index is 348. The monoisotopic (exact) mass is 236 g/mol. The summed E-state index contributed by atoms with van der Waals surface area (Å²) in [6.45, 7) is 2.92. The minimum absolute atomic E-state index is 0.156. The third-order valence-electron chi connectivity index (χ3n) is 3.54. The molecule has 0 spiro atoms. The summed E-state index contributed by atoms with van der Waals surface area (Å²) < 4.78 is 13.1. The first kappa shape index (κ1) is 12.5. The molecule has 2 N–H and O–H groups in total. The molecule has 1 unspecified atom stereocenters. The highest BCUT2D eigenvalue weighted by Gasteiger charge is 2.19. The Kier molecular flexibility index (Phi) is 4.51. The van der Waals surface area contributed by atoms with Crippen molar-refractivity contribution in [2.45, 2.75) is 31.7 Å². The van der Waals surface area contributed by atoms with Gasteiger partial charge in [-0.3, -0.25) is 4.90 Å². The van der Waals surface area contributed by atoms with Gasteiger partial charge < -0.3 is 5.73 Å². The predicted molar refractivity (Wildman–Crippen MR) is 68.4 cm³/mol. The largest absolute Gasteiger partial charge is 0.329 e. The number of likely N-dealkylation sites (tertiary alicyclic amines) is 1. The second kappa shape index (κ2) is 6.12. The van der Waals surface area contributed by atoms with Crippen molar-refractivity contribution < 1.29 is 4.39 Å². The van der Waals surface area contributed by atoms with Crippen molar-refractivity contribution in [2.24, 2.45) is 5.73 Å². The van der Waals surface area contributed by atoms with E-state index in [9.17, 15) is 4.39 Å². The smallest absolute Gasteiger partial charge is 0.123 e. The third kappa shape index (κ3) is 3.51. The van der Waals surface area contributed by atoms with Crippen molar-refractivity contribution in [3.05, 3.63) is 35.6 Å². The lowest BCUT2D eigenvalue weighted by atomic mass is 10.0. The van der Waals surface area contributed by atoms with Crippen molar-refractivity contribution in [3.63, 3.8) is 0 Å². The van der Waals surface area contributed by atoms with Gasteiger partial charge in [-0.15, -0.1) is 0 Å². The van der Waals surface area contributed by atoms with E-state index in [4.69, 9.17) is 5.73 Å². The van der Waals surface area contributed by atoms with Gasteiger partial charge in [-0.1, -0.05) is 18.6 Å². The third-order valence-corrected chi connectivity index (χ3v) is 3.54. The van der Waals surface area contributed by atoms with Crippen LogP contribution in [0.1, 0.15) is 24.8 Å². The Labute approximate surface area is 103 Å². The predicted octanol–water partition coefficient (Wildman–Crippen LogP) is 2.18. The summed E-state index contributed by atoms with van der Waals surface area (Å²) in [5.74, 6) is -0.156. The van der Waals surface area contributed by atoms with E-state index in [1.165, 1.54) is 25.3 Å². The normalized spacial score (nSPS) is 19.2. The molecule has 0 radical (unpaired) electrons. The quantitative estimate of drug-likeness (QED) is 0.868. The Hall–Kier alpha value is -0.930. The molecule has 2 rings (SSSR count). The maximum absolute atomic E-state index is 13.1. The molecule has 1 aliphatic heterocycles. The summed E-state index contributed by atoms with van der Waals surface area (Å²) in [6, 6.07) is 7.22. The van der Waals surface area contributed by atoms with Crippen LogP contribution in [0.2, 0.25) is 0 Å². The molecule has 0 bridgehead atoms. The number of nitrogens with zero attached hydrogens (tertiary/aromatic N) is 1. The molecule has 1 aromatic rings. The summed E-state index contributed by atoms with van der Waals surface area (Å²) in [4.78, 5) is 2.45. The average molecular weight is 236 g/mol. The van der Waals surface area contributed by atoms with E-state index in [-0.39, 0.29) is 5.82 Å². The van der Waals surface area contributed by atoms with Crippen molar-refractivity contribution in [3.8, 4) is 0 Å². The van der Waals surface area contributed by atoms with Crippen molar-refractivity contribution in [1.29, 1.82) is 0 Å². The summed E-state index contributed by atoms with van der Waals surface area (Å²) in [7, 11) is 0. The Morgan fingerprint density at radius 1 is 1.24 bits per heavy atom. The fourth-order valence-electron chi connectivity index (χ4n) is 2.58. The van der Waals surface area contributed by atoms with Gasteiger partial charge in [0.1, 0.15) is 5.82 Å². The zero-order valence-electron chi connectivity index (χ0n) is 10.2. The maximum Gasteiger partial charge on any atom is 0.123 e. The summed E-state index contributed by atoms with van der Waals surface area (Å²) >= 11 is 0. The lowest BCUT2D eigenvalue weighted by molar-refractivity contribution is 0.166. The van der Waals surface area contributed by atoms with Gasteiger partial charge >= 0.3 is 0 Å². The van der Waals surface area contributed by atoms with Crippen LogP contribution in [0.5, 0.6) is 0 Å². The molecule has 1 fully saturated rings. The number of hydrogen-bond donors (Lipinski definition) is 1. The number of rotatable bonds is 4. The molecular formula is C14H21FN2. The standard InChI is InChI=1S/C14H21FN2/c15-13-6-4-5-12(9-13)10-14(11-16)17-7-2-1-3-8-17/h4-6,9,14H,1-3,7-8,10-11,16H2. The van der Waals surface area contributed by atoms with Crippen LogP contribution in [0.25, 0.3) is 0 Å². The summed E-state index contributed by atoms with van der Waals surface area (Å²) in [5.41, 5.74) is 6.90. The Morgan fingerprint density at radius 2 is 2.00 bits per heavy atom. The SMILES string of the molecule is NCC(Cc1cccc(F)c1)N1CCCCC1. The lowest BCUT2D eigenvalue weighted by Crippen LogP contribution is -2.44. The van der Waals surface area contributed by atoms with Crippen LogP contribution in [-0.4, -0.2) is 30.6 Å². The maximum atomic E-state index is 13.1. The highest BCUT2D eigenvalue weighted by molar-refractivity contribution is 5.17. The Morgan fingerprint density at radius 3 is 2.65 bits per heavy atom. The van der Waals surface area contributed by atoms with Gasteiger partial charge in [0.2, 0.25) is 0 Å². The molecule has 0 saturated carbocycles. The second-order valence-corrected chi connectivity index (χ2v) is 4.82. The minimum Gasteiger partial charge on any atom is -0.329 e.